The summed E-state index contributed by atoms with van der Waals surface area (Å²) in [7, 11) is -3.64. The van der Waals surface area contributed by atoms with E-state index < -0.39 is 39.6 Å². The summed E-state index contributed by atoms with van der Waals surface area (Å²) in [5.74, 6) is -0.613. The number of esters is 1. The van der Waals surface area contributed by atoms with E-state index >= 15 is 0 Å². The van der Waals surface area contributed by atoms with Gasteiger partial charge in [-0.3, -0.25) is 0 Å². The fourth-order valence-electron chi connectivity index (χ4n) is 9.18. The Morgan fingerprint density at radius 2 is 1.55 bits per heavy atom. The lowest BCUT2D eigenvalue weighted by atomic mass is 9.69. The van der Waals surface area contributed by atoms with Crippen LogP contribution in [-0.2, 0) is 24.3 Å². The summed E-state index contributed by atoms with van der Waals surface area (Å²) in [4.78, 5) is 26.6. The highest BCUT2D eigenvalue weighted by molar-refractivity contribution is 7.89. The van der Waals surface area contributed by atoms with Crippen molar-refractivity contribution in [2.75, 3.05) is 12.4 Å². The number of hydrogen-bond donors (Lipinski definition) is 1. The number of hydrogen-bond acceptors (Lipinski definition) is 6. The SMILES string of the molecule is CCOC(=O)N[C@@H](C(=O)O[C@@H]1C[C@H]2CC[C@]1(CS(=O)(=O)N(C1CCCCC1)C1CCCCC1)C2(C)C)[C@@H](C)c1ccccc1. The molecular formula is C35H54N2O6S. The van der Waals surface area contributed by atoms with Gasteiger partial charge in [0.1, 0.15) is 12.1 Å². The third-order valence-corrected chi connectivity index (χ3v) is 14.0. The molecule has 0 saturated heterocycles. The smallest absolute Gasteiger partial charge is 0.407 e. The number of nitrogens with one attached hydrogen (secondary N) is 1. The second-order valence-corrected chi connectivity index (χ2v) is 16.4. The maximum absolute atomic E-state index is 14.7. The monoisotopic (exact) mass is 630 g/mol. The molecule has 1 aromatic carbocycles. The Hall–Kier alpha value is -2.13. The van der Waals surface area contributed by atoms with Crippen LogP contribution >= 0.6 is 0 Å². The van der Waals surface area contributed by atoms with E-state index in [9.17, 15) is 18.0 Å². The van der Waals surface area contributed by atoms with Gasteiger partial charge >= 0.3 is 12.1 Å². The topological polar surface area (TPSA) is 102 Å². The lowest BCUT2D eigenvalue weighted by Gasteiger charge is -2.46. The van der Waals surface area contributed by atoms with E-state index in [0.717, 1.165) is 69.8 Å². The zero-order valence-corrected chi connectivity index (χ0v) is 28.1. The van der Waals surface area contributed by atoms with E-state index in [1.165, 1.54) is 12.8 Å². The van der Waals surface area contributed by atoms with Crippen molar-refractivity contribution in [1.29, 1.82) is 0 Å². The van der Waals surface area contributed by atoms with Gasteiger partial charge in [-0.25, -0.2) is 18.0 Å². The summed E-state index contributed by atoms with van der Waals surface area (Å²) in [5.41, 5.74) is -0.0872. The van der Waals surface area contributed by atoms with Crippen LogP contribution in [0.5, 0.6) is 0 Å². The van der Waals surface area contributed by atoms with Crippen LogP contribution in [-0.4, -0.2) is 61.4 Å². The Labute approximate surface area is 265 Å². The molecule has 1 amide bonds. The molecule has 0 unspecified atom stereocenters. The van der Waals surface area contributed by atoms with Crippen LogP contribution in [0.25, 0.3) is 0 Å². The Kier molecular flexibility index (Phi) is 10.3. The van der Waals surface area contributed by atoms with Gasteiger partial charge in [0.25, 0.3) is 0 Å². The van der Waals surface area contributed by atoms with E-state index in [0.29, 0.717) is 6.42 Å². The van der Waals surface area contributed by atoms with Gasteiger partial charge in [-0.05, 0) is 68.8 Å². The van der Waals surface area contributed by atoms with Gasteiger partial charge in [0.05, 0.1) is 12.4 Å². The Balaban J connectivity index is 1.43. The van der Waals surface area contributed by atoms with Crippen molar-refractivity contribution < 1.29 is 27.5 Å². The fourth-order valence-corrected chi connectivity index (χ4v) is 12.0. The van der Waals surface area contributed by atoms with E-state index in [1.807, 2.05) is 41.6 Å². The lowest BCUT2D eigenvalue weighted by Crippen LogP contribution is -2.55. The summed E-state index contributed by atoms with van der Waals surface area (Å²) in [6.07, 6.45) is 11.5. The van der Waals surface area contributed by atoms with E-state index in [1.54, 1.807) is 6.92 Å². The van der Waals surface area contributed by atoms with Crippen molar-refractivity contribution in [3.05, 3.63) is 35.9 Å². The molecule has 1 aromatic rings. The molecule has 4 fully saturated rings. The second kappa shape index (κ2) is 13.7. The molecule has 0 heterocycles. The van der Waals surface area contributed by atoms with Crippen LogP contribution in [0.3, 0.4) is 0 Å². The lowest BCUT2D eigenvalue weighted by molar-refractivity contribution is -0.159. The van der Waals surface area contributed by atoms with Crippen molar-refractivity contribution in [1.82, 2.24) is 9.62 Å². The first-order valence-electron chi connectivity index (χ1n) is 17.2. The van der Waals surface area contributed by atoms with Gasteiger partial charge in [0.15, 0.2) is 0 Å². The van der Waals surface area contributed by atoms with E-state index in [-0.39, 0.29) is 41.7 Å². The van der Waals surface area contributed by atoms with Gasteiger partial charge in [-0.15, -0.1) is 0 Å². The zero-order chi connectivity index (χ0) is 31.5. The first-order valence-corrected chi connectivity index (χ1v) is 18.8. The second-order valence-electron chi connectivity index (χ2n) is 14.5. The maximum atomic E-state index is 14.7. The molecule has 0 spiro atoms. The molecule has 0 aliphatic heterocycles. The molecule has 246 valence electrons. The summed E-state index contributed by atoms with van der Waals surface area (Å²) in [6.45, 7) is 8.16. The number of carbonyl (C=O) groups excluding carboxylic acids is 2. The Morgan fingerprint density at radius 1 is 0.955 bits per heavy atom. The standard InChI is InChI=1S/C35H54N2O6S/c1-5-42-33(39)36-31(25(2)26-15-9-6-10-16-26)32(38)43-30-23-27-21-22-35(30,34(27,3)4)24-44(40,41)37(28-17-11-7-12-18-28)29-19-13-8-14-20-29/h6,9-10,15-16,25,27-31H,5,7-8,11-14,17-24H2,1-4H3,(H,36,39)/t25-,27+,30+,31+,35+/m0/s1. The average Bonchev–Trinajstić information content (AvgIpc) is 3.36. The molecule has 2 bridgehead atoms. The summed E-state index contributed by atoms with van der Waals surface area (Å²) in [5, 5.41) is 2.76. The summed E-state index contributed by atoms with van der Waals surface area (Å²) in [6, 6.07) is 8.75. The summed E-state index contributed by atoms with van der Waals surface area (Å²) < 4.78 is 43.0. The van der Waals surface area contributed by atoms with Crippen LogP contribution in [0.4, 0.5) is 4.79 Å². The Bertz CT molecular complexity index is 1220. The molecule has 9 heteroatoms. The number of carbonyl (C=O) groups is 2. The first kappa shape index (κ1) is 33.2. The predicted octanol–water partition coefficient (Wildman–Crippen LogP) is 6.94. The number of ether oxygens (including phenoxy) is 2. The maximum Gasteiger partial charge on any atom is 0.407 e. The zero-order valence-electron chi connectivity index (χ0n) is 27.3. The average molecular weight is 631 g/mol. The van der Waals surface area contributed by atoms with E-state index in [4.69, 9.17) is 9.47 Å². The van der Waals surface area contributed by atoms with Gasteiger partial charge in [0.2, 0.25) is 10.0 Å². The number of nitrogens with zero attached hydrogens (tertiary/aromatic N) is 1. The van der Waals surface area contributed by atoms with Crippen molar-refractivity contribution in [2.45, 2.75) is 141 Å². The molecule has 8 nitrogen and oxygen atoms in total. The van der Waals surface area contributed by atoms with Gasteiger partial charge in [-0.2, -0.15) is 4.31 Å². The number of rotatable bonds is 11. The van der Waals surface area contributed by atoms with Crippen molar-refractivity contribution in [2.24, 2.45) is 16.7 Å². The third kappa shape index (κ3) is 6.55. The van der Waals surface area contributed by atoms with Gasteiger partial charge < -0.3 is 14.8 Å². The molecule has 4 saturated carbocycles. The number of alkyl carbamates (subject to hydrolysis) is 1. The largest absolute Gasteiger partial charge is 0.460 e. The number of sulfonamides is 1. The normalized spacial score (nSPS) is 28.8. The molecule has 0 aromatic heterocycles. The molecule has 5 atom stereocenters. The molecule has 0 radical (unpaired) electrons. The number of fused-ring (bicyclic) bond motifs is 2. The highest BCUT2D eigenvalue weighted by Gasteiger charge is 2.67. The van der Waals surface area contributed by atoms with Crippen LogP contribution < -0.4 is 5.32 Å². The van der Waals surface area contributed by atoms with Crippen LogP contribution in [0, 0.1) is 16.7 Å². The molecular weight excluding hydrogens is 576 g/mol. The van der Waals surface area contributed by atoms with Crippen molar-refractivity contribution in [3.8, 4) is 0 Å². The van der Waals surface area contributed by atoms with Gasteiger partial charge in [-0.1, -0.05) is 89.6 Å². The Morgan fingerprint density at radius 3 is 2.09 bits per heavy atom. The van der Waals surface area contributed by atoms with Crippen LogP contribution in [0.2, 0.25) is 0 Å². The van der Waals surface area contributed by atoms with Crippen LogP contribution in [0.1, 0.15) is 123 Å². The number of amides is 1. The number of benzene rings is 1. The van der Waals surface area contributed by atoms with Crippen LogP contribution in [0.15, 0.2) is 30.3 Å². The quantitative estimate of drug-likeness (QED) is 0.266. The summed E-state index contributed by atoms with van der Waals surface area (Å²) >= 11 is 0. The molecule has 1 N–H and O–H groups in total. The van der Waals surface area contributed by atoms with Crippen molar-refractivity contribution in [3.63, 3.8) is 0 Å². The molecule has 4 aliphatic rings. The first-order chi connectivity index (χ1) is 21.0. The predicted molar refractivity (Wildman–Crippen MR) is 172 cm³/mol. The minimum Gasteiger partial charge on any atom is -0.460 e. The molecule has 5 rings (SSSR count). The minimum absolute atomic E-state index is 0.0126. The third-order valence-electron chi connectivity index (χ3n) is 11.9. The van der Waals surface area contributed by atoms with E-state index in [2.05, 4.69) is 19.2 Å². The molecule has 44 heavy (non-hydrogen) atoms. The fraction of sp³-hybridized carbons (Fsp3) is 0.771. The van der Waals surface area contributed by atoms with Crippen molar-refractivity contribution >= 4 is 22.1 Å². The highest BCUT2D eigenvalue weighted by atomic mass is 32.2. The molecule has 4 aliphatic carbocycles. The van der Waals surface area contributed by atoms with Gasteiger partial charge in [0, 0.05) is 23.4 Å². The highest BCUT2D eigenvalue weighted by Crippen LogP contribution is 2.67. The minimum atomic E-state index is -3.64.